The van der Waals surface area contributed by atoms with Gasteiger partial charge in [-0.3, -0.25) is 0 Å². The highest BCUT2D eigenvalue weighted by Crippen LogP contribution is 2.30. The van der Waals surface area contributed by atoms with Gasteiger partial charge in [-0.1, -0.05) is 12.8 Å². The number of nitrogen functional groups attached to an aromatic ring is 1. The summed E-state index contributed by atoms with van der Waals surface area (Å²) in [6.45, 7) is 0. The number of carbonyl (C=O) groups is 1. The molecule has 104 valence electrons. The average Bonchev–Trinajstić information content (AvgIpc) is 2.38. The molecule has 4 N–H and O–H groups in total. The Morgan fingerprint density at radius 2 is 2.05 bits per heavy atom. The summed E-state index contributed by atoms with van der Waals surface area (Å²) in [5, 5.41) is 19.1. The van der Waals surface area contributed by atoms with Gasteiger partial charge in [-0.05, 0) is 31.0 Å². The van der Waals surface area contributed by atoms with Crippen LogP contribution in [0.15, 0.2) is 18.2 Å². The molecule has 1 aromatic carbocycles. The molecule has 19 heavy (non-hydrogen) atoms. The molecule has 2 rings (SSSR count). The van der Waals surface area contributed by atoms with Gasteiger partial charge in [0, 0.05) is 7.05 Å². The molecule has 1 aliphatic carbocycles. The van der Waals surface area contributed by atoms with E-state index in [2.05, 4.69) is 0 Å². The zero-order valence-corrected chi connectivity index (χ0v) is 11.0. The van der Waals surface area contributed by atoms with Crippen molar-refractivity contribution in [3.8, 4) is 0 Å². The Balaban J connectivity index is 2.29. The van der Waals surface area contributed by atoms with E-state index in [1.165, 1.54) is 6.07 Å². The first kappa shape index (κ1) is 13.7. The normalized spacial score (nSPS) is 23.1. The third kappa shape index (κ3) is 2.81. The predicted molar refractivity (Wildman–Crippen MR) is 74.5 cm³/mol. The van der Waals surface area contributed by atoms with Gasteiger partial charge in [-0.25, -0.2) is 4.79 Å². The molecule has 0 aromatic heterocycles. The Morgan fingerprint density at radius 1 is 1.37 bits per heavy atom. The molecule has 2 unspecified atom stereocenters. The lowest BCUT2D eigenvalue weighted by Crippen LogP contribution is -2.43. The van der Waals surface area contributed by atoms with Crippen LogP contribution in [-0.4, -0.2) is 35.4 Å². The number of aliphatic hydroxyl groups excluding tert-OH is 1. The second-order valence-electron chi connectivity index (χ2n) is 5.11. The van der Waals surface area contributed by atoms with Gasteiger partial charge in [0.2, 0.25) is 0 Å². The van der Waals surface area contributed by atoms with Crippen LogP contribution in [0.5, 0.6) is 0 Å². The minimum atomic E-state index is -0.973. The molecule has 1 saturated carbocycles. The second-order valence-corrected chi connectivity index (χ2v) is 5.11. The highest BCUT2D eigenvalue weighted by molar-refractivity contribution is 5.90. The molecule has 5 heteroatoms. The standard InChI is InChI=1S/C14H20N2O3/c1-16(11-4-2-3-5-13(11)17)12-8-9(14(18)19)6-7-10(12)15/h6-8,11,13,17H,2-5,15H2,1H3,(H,18,19). The summed E-state index contributed by atoms with van der Waals surface area (Å²) in [7, 11) is 1.86. The van der Waals surface area contributed by atoms with Gasteiger partial charge in [-0.15, -0.1) is 0 Å². The van der Waals surface area contributed by atoms with Crippen molar-refractivity contribution in [2.45, 2.75) is 37.8 Å². The van der Waals surface area contributed by atoms with Crippen LogP contribution >= 0.6 is 0 Å². The van der Waals surface area contributed by atoms with Crippen LogP contribution in [0.25, 0.3) is 0 Å². The van der Waals surface area contributed by atoms with Gasteiger partial charge in [0.25, 0.3) is 0 Å². The third-order valence-corrected chi connectivity index (χ3v) is 3.85. The van der Waals surface area contributed by atoms with Crippen molar-refractivity contribution in [1.82, 2.24) is 0 Å². The van der Waals surface area contributed by atoms with Crippen LogP contribution in [0.2, 0.25) is 0 Å². The Hall–Kier alpha value is -1.75. The van der Waals surface area contributed by atoms with Crippen molar-refractivity contribution in [3.05, 3.63) is 23.8 Å². The molecule has 0 bridgehead atoms. The first-order chi connectivity index (χ1) is 9.00. The monoisotopic (exact) mass is 264 g/mol. The van der Waals surface area contributed by atoms with E-state index in [-0.39, 0.29) is 17.7 Å². The number of likely N-dealkylation sites (N-methyl/N-ethyl adjacent to an activating group) is 1. The summed E-state index contributed by atoms with van der Waals surface area (Å²) < 4.78 is 0. The molecule has 0 spiro atoms. The number of aromatic carboxylic acids is 1. The van der Waals surface area contributed by atoms with Crippen LogP contribution < -0.4 is 10.6 Å². The van der Waals surface area contributed by atoms with Crippen LogP contribution in [-0.2, 0) is 0 Å². The number of benzene rings is 1. The van der Waals surface area contributed by atoms with E-state index < -0.39 is 5.97 Å². The van der Waals surface area contributed by atoms with E-state index in [9.17, 15) is 9.90 Å². The van der Waals surface area contributed by atoms with Gasteiger partial charge >= 0.3 is 5.97 Å². The summed E-state index contributed by atoms with van der Waals surface area (Å²) in [6, 6.07) is 4.66. The highest BCUT2D eigenvalue weighted by atomic mass is 16.4. The van der Waals surface area contributed by atoms with Gasteiger partial charge in [0.05, 0.1) is 29.1 Å². The lowest BCUT2D eigenvalue weighted by Gasteiger charge is -2.37. The summed E-state index contributed by atoms with van der Waals surface area (Å²) in [6.07, 6.45) is 3.41. The van der Waals surface area contributed by atoms with E-state index in [4.69, 9.17) is 10.8 Å². The lowest BCUT2D eigenvalue weighted by atomic mass is 9.91. The zero-order valence-electron chi connectivity index (χ0n) is 11.0. The second kappa shape index (κ2) is 5.48. The first-order valence-electron chi connectivity index (χ1n) is 6.54. The van der Waals surface area contributed by atoms with Crippen molar-refractivity contribution >= 4 is 17.3 Å². The molecular formula is C14H20N2O3. The van der Waals surface area contributed by atoms with Crippen molar-refractivity contribution < 1.29 is 15.0 Å². The maximum Gasteiger partial charge on any atom is 0.335 e. The largest absolute Gasteiger partial charge is 0.478 e. The molecule has 0 heterocycles. The molecule has 1 aromatic rings. The molecule has 0 amide bonds. The van der Waals surface area contributed by atoms with Crippen LogP contribution in [0.3, 0.4) is 0 Å². The minimum absolute atomic E-state index is 0.0000879. The Labute approximate surface area is 112 Å². The van der Waals surface area contributed by atoms with E-state index in [1.54, 1.807) is 12.1 Å². The molecule has 0 aliphatic heterocycles. The summed E-state index contributed by atoms with van der Waals surface area (Å²) in [5.41, 5.74) is 7.34. The quantitative estimate of drug-likeness (QED) is 0.723. The Kier molecular flexibility index (Phi) is 3.95. The molecule has 1 aliphatic rings. The zero-order chi connectivity index (χ0) is 14.0. The van der Waals surface area contributed by atoms with E-state index in [0.717, 1.165) is 25.7 Å². The first-order valence-corrected chi connectivity index (χ1v) is 6.54. The van der Waals surface area contributed by atoms with Gasteiger partial charge in [-0.2, -0.15) is 0 Å². The number of hydrogen-bond acceptors (Lipinski definition) is 4. The van der Waals surface area contributed by atoms with Gasteiger partial charge in [0.1, 0.15) is 0 Å². The summed E-state index contributed by atoms with van der Waals surface area (Å²) >= 11 is 0. The van der Waals surface area contributed by atoms with Crippen LogP contribution in [0, 0.1) is 0 Å². The number of hydrogen-bond donors (Lipinski definition) is 3. The number of aliphatic hydroxyl groups is 1. The molecular weight excluding hydrogens is 244 g/mol. The minimum Gasteiger partial charge on any atom is -0.478 e. The van der Waals surface area contributed by atoms with Crippen molar-refractivity contribution in [2.75, 3.05) is 17.7 Å². The van der Waals surface area contributed by atoms with Crippen molar-refractivity contribution in [3.63, 3.8) is 0 Å². The third-order valence-electron chi connectivity index (χ3n) is 3.85. The fourth-order valence-electron chi connectivity index (χ4n) is 2.70. The number of nitrogens with two attached hydrogens (primary N) is 1. The fourth-order valence-corrected chi connectivity index (χ4v) is 2.70. The smallest absolute Gasteiger partial charge is 0.335 e. The van der Waals surface area contributed by atoms with Crippen molar-refractivity contribution in [2.24, 2.45) is 0 Å². The maximum absolute atomic E-state index is 11.0. The Morgan fingerprint density at radius 3 is 2.68 bits per heavy atom. The number of nitrogens with zero attached hydrogens (tertiary/aromatic N) is 1. The summed E-state index contributed by atoms with van der Waals surface area (Å²) in [4.78, 5) is 12.9. The average molecular weight is 264 g/mol. The maximum atomic E-state index is 11.0. The number of carboxylic acid groups (broad SMARTS) is 1. The van der Waals surface area contributed by atoms with E-state index >= 15 is 0 Å². The van der Waals surface area contributed by atoms with Crippen LogP contribution in [0.1, 0.15) is 36.0 Å². The number of rotatable bonds is 3. The molecule has 0 radical (unpaired) electrons. The molecule has 1 fully saturated rings. The SMILES string of the molecule is CN(c1cc(C(=O)O)ccc1N)C1CCCCC1O. The molecule has 2 atom stereocenters. The van der Waals surface area contributed by atoms with E-state index in [1.807, 2.05) is 11.9 Å². The van der Waals surface area contributed by atoms with Crippen LogP contribution in [0.4, 0.5) is 11.4 Å². The Bertz CT molecular complexity index is 476. The van der Waals surface area contributed by atoms with Gasteiger partial charge < -0.3 is 20.8 Å². The van der Waals surface area contributed by atoms with E-state index in [0.29, 0.717) is 11.4 Å². The van der Waals surface area contributed by atoms with Gasteiger partial charge in [0.15, 0.2) is 0 Å². The highest BCUT2D eigenvalue weighted by Gasteiger charge is 2.27. The lowest BCUT2D eigenvalue weighted by molar-refractivity contribution is 0.0697. The number of anilines is 2. The molecule has 5 nitrogen and oxygen atoms in total. The fraction of sp³-hybridized carbons (Fsp3) is 0.500. The predicted octanol–water partition coefficient (Wildman–Crippen LogP) is 1.71. The van der Waals surface area contributed by atoms with Crippen molar-refractivity contribution in [1.29, 1.82) is 0 Å². The number of carboxylic acids is 1. The molecule has 0 saturated heterocycles. The summed E-state index contributed by atoms with van der Waals surface area (Å²) in [5.74, 6) is -0.973. The topological polar surface area (TPSA) is 86.8 Å².